The molecular formula is C17H31N5O7S2. The van der Waals surface area contributed by atoms with Gasteiger partial charge in [0.2, 0.25) is 17.7 Å². The second kappa shape index (κ2) is 15.7. The zero-order valence-electron chi connectivity index (χ0n) is 17.0. The van der Waals surface area contributed by atoms with Crippen molar-refractivity contribution in [2.24, 2.45) is 11.5 Å². The van der Waals surface area contributed by atoms with Crippen molar-refractivity contribution < 1.29 is 34.2 Å². The number of hydrogen-bond acceptors (Lipinski definition) is 9. The lowest BCUT2D eigenvalue weighted by Crippen LogP contribution is -2.57. The minimum Gasteiger partial charge on any atom is -0.481 e. The molecule has 0 saturated carbocycles. The maximum Gasteiger partial charge on any atom is 0.326 e. The largest absolute Gasteiger partial charge is 0.481 e. The normalized spacial score (nSPS) is 14.6. The lowest BCUT2D eigenvalue weighted by atomic mass is 10.1. The predicted octanol–water partition coefficient (Wildman–Crippen LogP) is -2.29. The van der Waals surface area contributed by atoms with E-state index in [2.05, 4.69) is 41.2 Å². The van der Waals surface area contributed by atoms with Gasteiger partial charge in [-0.2, -0.15) is 25.3 Å². The average Bonchev–Trinajstić information content (AvgIpc) is 2.72. The third-order valence-corrected chi connectivity index (χ3v) is 4.95. The minimum absolute atomic E-state index is 0.00149. The number of nitrogens with two attached hydrogens (primary N) is 2. The molecule has 0 aromatic rings. The molecule has 0 heterocycles. The van der Waals surface area contributed by atoms with Gasteiger partial charge in [-0.25, -0.2) is 4.79 Å². The molecule has 12 nitrogen and oxygen atoms in total. The Balaban J connectivity index is 5.17. The van der Waals surface area contributed by atoms with E-state index in [0.29, 0.717) is 19.4 Å². The van der Waals surface area contributed by atoms with Gasteiger partial charge in [0.15, 0.2) is 0 Å². The Hall–Kier alpha value is -2.03. The molecule has 9 N–H and O–H groups in total. The molecule has 0 aliphatic rings. The number of thiol groups is 2. The van der Waals surface area contributed by atoms with E-state index in [9.17, 15) is 29.1 Å². The summed E-state index contributed by atoms with van der Waals surface area (Å²) in [4.78, 5) is 59.2. The van der Waals surface area contributed by atoms with Crippen LogP contribution in [-0.4, -0.2) is 82.1 Å². The Bertz CT molecular complexity index is 638. The van der Waals surface area contributed by atoms with Crippen molar-refractivity contribution in [1.29, 1.82) is 0 Å². The quantitative estimate of drug-likeness (QED) is 0.0855. The van der Waals surface area contributed by atoms with Gasteiger partial charge in [0.1, 0.15) is 18.1 Å². The zero-order chi connectivity index (χ0) is 24.0. The van der Waals surface area contributed by atoms with Crippen molar-refractivity contribution in [1.82, 2.24) is 16.0 Å². The fourth-order valence-electron chi connectivity index (χ4n) is 2.39. The fraction of sp³-hybridized carbons (Fsp3) is 0.706. The summed E-state index contributed by atoms with van der Waals surface area (Å²) < 4.78 is 0. The van der Waals surface area contributed by atoms with Crippen LogP contribution in [0.25, 0.3) is 0 Å². The summed E-state index contributed by atoms with van der Waals surface area (Å²) in [5.74, 6) is -4.90. The molecule has 0 aromatic carbocycles. The van der Waals surface area contributed by atoms with Crippen LogP contribution in [-0.2, 0) is 24.0 Å². The molecule has 0 bridgehead atoms. The maximum atomic E-state index is 12.6. The summed E-state index contributed by atoms with van der Waals surface area (Å²) in [5.41, 5.74) is 10.9. The summed E-state index contributed by atoms with van der Waals surface area (Å²) in [6, 6.07) is -4.67. The fourth-order valence-corrected chi connectivity index (χ4v) is 2.81. The van der Waals surface area contributed by atoms with E-state index in [-0.39, 0.29) is 24.3 Å². The average molecular weight is 482 g/mol. The number of rotatable bonds is 16. The molecule has 178 valence electrons. The molecule has 0 saturated heterocycles. The van der Waals surface area contributed by atoms with Gasteiger partial charge in [-0.05, 0) is 32.2 Å². The highest BCUT2D eigenvalue weighted by molar-refractivity contribution is 7.80. The predicted molar refractivity (Wildman–Crippen MR) is 119 cm³/mol. The smallest absolute Gasteiger partial charge is 0.326 e. The number of carboxylic acid groups (broad SMARTS) is 2. The van der Waals surface area contributed by atoms with E-state index < -0.39 is 60.2 Å². The molecule has 31 heavy (non-hydrogen) atoms. The first-order valence-electron chi connectivity index (χ1n) is 9.60. The van der Waals surface area contributed by atoms with Crippen LogP contribution in [0.3, 0.4) is 0 Å². The first-order chi connectivity index (χ1) is 14.6. The molecule has 0 aromatic heterocycles. The molecule has 0 spiro atoms. The molecule has 0 aliphatic heterocycles. The Morgan fingerprint density at radius 2 is 1.32 bits per heavy atom. The molecule has 4 atom stereocenters. The third-order valence-electron chi connectivity index (χ3n) is 4.19. The van der Waals surface area contributed by atoms with E-state index >= 15 is 0 Å². The third kappa shape index (κ3) is 11.8. The summed E-state index contributed by atoms with van der Waals surface area (Å²) in [7, 11) is 0. The molecule has 0 aliphatic carbocycles. The number of carbonyl (C=O) groups is 5. The number of aliphatic carboxylic acids is 2. The Morgan fingerprint density at radius 1 is 0.774 bits per heavy atom. The number of nitrogens with one attached hydrogen (secondary N) is 3. The Labute approximate surface area is 191 Å². The molecule has 4 unspecified atom stereocenters. The SMILES string of the molecule is NCCCCC(NC(=O)C(CS)NC(=O)C(CCC(=O)O)NC(=O)C(N)CS)C(=O)O. The van der Waals surface area contributed by atoms with Crippen molar-refractivity contribution in [2.45, 2.75) is 56.3 Å². The molecule has 14 heteroatoms. The van der Waals surface area contributed by atoms with Crippen LogP contribution in [0, 0.1) is 0 Å². The molecular weight excluding hydrogens is 450 g/mol. The van der Waals surface area contributed by atoms with Crippen LogP contribution in [0.2, 0.25) is 0 Å². The molecule has 0 radical (unpaired) electrons. The van der Waals surface area contributed by atoms with Gasteiger partial charge in [0.25, 0.3) is 0 Å². The Kier molecular flexibility index (Phi) is 14.7. The lowest BCUT2D eigenvalue weighted by molar-refractivity contribution is -0.142. The minimum atomic E-state index is -1.27. The second-order valence-corrected chi connectivity index (χ2v) is 7.44. The van der Waals surface area contributed by atoms with Crippen LogP contribution in [0.1, 0.15) is 32.1 Å². The van der Waals surface area contributed by atoms with Gasteiger partial charge in [0.05, 0.1) is 6.04 Å². The van der Waals surface area contributed by atoms with Crippen LogP contribution in [0.15, 0.2) is 0 Å². The number of hydrogen-bond donors (Lipinski definition) is 9. The molecule has 0 fully saturated rings. The van der Waals surface area contributed by atoms with E-state index in [0.717, 1.165) is 0 Å². The lowest BCUT2D eigenvalue weighted by Gasteiger charge is -2.24. The van der Waals surface area contributed by atoms with Crippen molar-refractivity contribution in [3.63, 3.8) is 0 Å². The summed E-state index contributed by atoms with van der Waals surface area (Å²) in [6.45, 7) is 0.385. The van der Waals surface area contributed by atoms with Gasteiger partial charge < -0.3 is 37.6 Å². The van der Waals surface area contributed by atoms with E-state index in [1.54, 1.807) is 0 Å². The van der Waals surface area contributed by atoms with E-state index in [1.807, 2.05) is 0 Å². The van der Waals surface area contributed by atoms with E-state index in [1.165, 1.54) is 0 Å². The summed E-state index contributed by atoms with van der Waals surface area (Å²) in [5, 5.41) is 25.2. The van der Waals surface area contributed by atoms with Crippen molar-refractivity contribution in [3.05, 3.63) is 0 Å². The van der Waals surface area contributed by atoms with Crippen molar-refractivity contribution in [3.8, 4) is 0 Å². The summed E-state index contributed by atoms with van der Waals surface area (Å²) in [6.07, 6.45) is 0.564. The van der Waals surface area contributed by atoms with Gasteiger partial charge in [-0.1, -0.05) is 0 Å². The first kappa shape index (κ1) is 29.0. The van der Waals surface area contributed by atoms with E-state index in [4.69, 9.17) is 16.6 Å². The van der Waals surface area contributed by atoms with Gasteiger partial charge >= 0.3 is 11.9 Å². The van der Waals surface area contributed by atoms with Crippen LogP contribution in [0.4, 0.5) is 0 Å². The Morgan fingerprint density at radius 3 is 1.81 bits per heavy atom. The molecule has 0 rings (SSSR count). The highest BCUT2D eigenvalue weighted by Crippen LogP contribution is 2.04. The highest BCUT2D eigenvalue weighted by atomic mass is 32.1. The number of unbranched alkanes of at least 4 members (excludes halogenated alkanes) is 1. The summed E-state index contributed by atoms with van der Waals surface area (Å²) >= 11 is 7.90. The molecule has 3 amide bonds. The van der Waals surface area contributed by atoms with Crippen LogP contribution in [0.5, 0.6) is 0 Å². The number of amides is 3. The van der Waals surface area contributed by atoms with Crippen molar-refractivity contribution >= 4 is 54.9 Å². The second-order valence-electron chi connectivity index (χ2n) is 6.71. The van der Waals surface area contributed by atoms with Gasteiger partial charge in [0, 0.05) is 17.9 Å². The highest BCUT2D eigenvalue weighted by Gasteiger charge is 2.29. The standard InChI is InChI=1S/C17H31N5O7S2/c18-6-2-1-3-11(17(28)29)21-16(27)12(8-31)22-15(26)10(4-5-13(23)24)20-14(25)9(19)7-30/h9-12,30-31H,1-8,18-19H2,(H,20,25)(H,21,27)(H,22,26)(H,23,24)(H,28,29). The zero-order valence-corrected chi connectivity index (χ0v) is 18.7. The monoisotopic (exact) mass is 481 g/mol. The van der Waals surface area contributed by atoms with Gasteiger partial charge in [-0.3, -0.25) is 19.2 Å². The number of carbonyl (C=O) groups excluding carboxylic acids is 3. The topological polar surface area (TPSA) is 214 Å². The maximum absolute atomic E-state index is 12.6. The number of carboxylic acids is 2. The first-order valence-corrected chi connectivity index (χ1v) is 10.9. The van der Waals surface area contributed by atoms with Crippen molar-refractivity contribution in [2.75, 3.05) is 18.1 Å². The van der Waals surface area contributed by atoms with Crippen LogP contribution < -0.4 is 27.4 Å². The van der Waals surface area contributed by atoms with Gasteiger partial charge in [-0.15, -0.1) is 0 Å². The van der Waals surface area contributed by atoms with Crippen LogP contribution >= 0.6 is 25.3 Å².